The second kappa shape index (κ2) is 4.20. The SMILES string of the molecule is Cc1ccc(-c2ccccc2C#N)c(C)c1. The highest BCUT2D eigenvalue weighted by atomic mass is 14.2. The first kappa shape index (κ1) is 10.4. The van der Waals surface area contributed by atoms with Crippen LogP contribution >= 0.6 is 0 Å². The smallest absolute Gasteiger partial charge is 0.0998 e. The van der Waals surface area contributed by atoms with Gasteiger partial charge in [0.2, 0.25) is 0 Å². The first-order valence-electron chi connectivity index (χ1n) is 5.29. The molecule has 16 heavy (non-hydrogen) atoms. The van der Waals surface area contributed by atoms with Crippen LogP contribution in [0.4, 0.5) is 0 Å². The molecular formula is C15H13N. The van der Waals surface area contributed by atoms with Crippen molar-refractivity contribution < 1.29 is 0 Å². The third kappa shape index (κ3) is 1.83. The molecule has 2 aromatic carbocycles. The molecule has 0 saturated heterocycles. The quantitative estimate of drug-likeness (QED) is 0.697. The summed E-state index contributed by atoms with van der Waals surface area (Å²) in [6, 6.07) is 16.3. The first-order chi connectivity index (χ1) is 7.72. The second-order valence-electron chi connectivity index (χ2n) is 3.98. The number of nitriles is 1. The van der Waals surface area contributed by atoms with Crippen LogP contribution in [-0.2, 0) is 0 Å². The highest BCUT2D eigenvalue weighted by Crippen LogP contribution is 2.26. The van der Waals surface area contributed by atoms with Crippen molar-refractivity contribution in [3.05, 3.63) is 59.2 Å². The van der Waals surface area contributed by atoms with Crippen molar-refractivity contribution in [1.29, 1.82) is 5.26 Å². The standard InChI is InChI=1S/C15H13N/c1-11-7-8-14(12(2)9-11)15-6-4-3-5-13(15)10-16/h3-9H,1-2H3. The van der Waals surface area contributed by atoms with Crippen LogP contribution in [0.1, 0.15) is 16.7 Å². The number of rotatable bonds is 1. The molecule has 1 nitrogen and oxygen atoms in total. The summed E-state index contributed by atoms with van der Waals surface area (Å²) in [7, 11) is 0. The zero-order valence-electron chi connectivity index (χ0n) is 9.49. The summed E-state index contributed by atoms with van der Waals surface area (Å²) in [5.41, 5.74) is 5.35. The van der Waals surface area contributed by atoms with Gasteiger partial charge in [-0.05, 0) is 36.6 Å². The molecule has 2 aromatic rings. The van der Waals surface area contributed by atoms with Gasteiger partial charge in [-0.1, -0.05) is 42.0 Å². The van der Waals surface area contributed by atoms with E-state index in [1.54, 1.807) is 0 Å². The lowest BCUT2D eigenvalue weighted by Crippen LogP contribution is -1.88. The third-order valence-electron chi connectivity index (χ3n) is 2.72. The van der Waals surface area contributed by atoms with Crippen molar-refractivity contribution in [2.75, 3.05) is 0 Å². The summed E-state index contributed by atoms with van der Waals surface area (Å²) in [4.78, 5) is 0. The minimum Gasteiger partial charge on any atom is -0.192 e. The van der Waals surface area contributed by atoms with Crippen LogP contribution in [0.3, 0.4) is 0 Å². The van der Waals surface area contributed by atoms with E-state index in [1.807, 2.05) is 24.3 Å². The Morgan fingerprint density at radius 1 is 0.938 bits per heavy atom. The molecule has 0 N–H and O–H groups in total. The van der Waals surface area contributed by atoms with Gasteiger partial charge in [0, 0.05) is 0 Å². The van der Waals surface area contributed by atoms with E-state index in [4.69, 9.17) is 5.26 Å². The van der Waals surface area contributed by atoms with Gasteiger partial charge in [0.15, 0.2) is 0 Å². The Bertz CT molecular complexity index is 562. The minimum atomic E-state index is 0.731. The lowest BCUT2D eigenvalue weighted by molar-refractivity contribution is 1.37. The van der Waals surface area contributed by atoms with Crippen LogP contribution in [0, 0.1) is 25.2 Å². The van der Waals surface area contributed by atoms with Gasteiger partial charge < -0.3 is 0 Å². The summed E-state index contributed by atoms with van der Waals surface area (Å²) >= 11 is 0. The molecule has 0 saturated carbocycles. The molecule has 0 aliphatic heterocycles. The van der Waals surface area contributed by atoms with Gasteiger partial charge in [0.25, 0.3) is 0 Å². The fourth-order valence-corrected chi connectivity index (χ4v) is 1.93. The topological polar surface area (TPSA) is 23.8 Å². The van der Waals surface area contributed by atoms with Gasteiger partial charge in [0.1, 0.15) is 0 Å². The van der Waals surface area contributed by atoms with Crippen LogP contribution in [0.25, 0.3) is 11.1 Å². The Morgan fingerprint density at radius 2 is 1.69 bits per heavy atom. The van der Waals surface area contributed by atoms with E-state index >= 15 is 0 Å². The molecule has 0 aliphatic rings. The van der Waals surface area contributed by atoms with Gasteiger partial charge in [-0.25, -0.2) is 0 Å². The predicted octanol–water partition coefficient (Wildman–Crippen LogP) is 3.84. The second-order valence-corrected chi connectivity index (χ2v) is 3.98. The van der Waals surface area contributed by atoms with E-state index in [9.17, 15) is 0 Å². The van der Waals surface area contributed by atoms with E-state index in [2.05, 4.69) is 38.1 Å². The predicted molar refractivity (Wildman–Crippen MR) is 66.1 cm³/mol. The van der Waals surface area contributed by atoms with E-state index in [0.29, 0.717) is 0 Å². The van der Waals surface area contributed by atoms with Crippen molar-refractivity contribution in [2.24, 2.45) is 0 Å². The van der Waals surface area contributed by atoms with E-state index in [-0.39, 0.29) is 0 Å². The van der Waals surface area contributed by atoms with Crippen LogP contribution in [0.5, 0.6) is 0 Å². The summed E-state index contributed by atoms with van der Waals surface area (Å²) < 4.78 is 0. The molecule has 0 unspecified atom stereocenters. The highest BCUT2D eigenvalue weighted by Gasteiger charge is 2.06. The first-order valence-corrected chi connectivity index (χ1v) is 5.29. The van der Waals surface area contributed by atoms with Gasteiger partial charge in [-0.2, -0.15) is 5.26 Å². The molecule has 0 aliphatic carbocycles. The number of hydrogen-bond acceptors (Lipinski definition) is 1. The Hall–Kier alpha value is -2.07. The molecule has 0 radical (unpaired) electrons. The summed E-state index contributed by atoms with van der Waals surface area (Å²) in [6.45, 7) is 4.16. The molecule has 0 bridgehead atoms. The van der Waals surface area contributed by atoms with Gasteiger partial charge >= 0.3 is 0 Å². The number of hydrogen-bond donors (Lipinski definition) is 0. The van der Waals surface area contributed by atoms with Gasteiger partial charge in [-0.15, -0.1) is 0 Å². The average Bonchev–Trinajstić information content (AvgIpc) is 2.29. The number of benzene rings is 2. The van der Waals surface area contributed by atoms with Gasteiger partial charge in [0.05, 0.1) is 11.6 Å². The normalized spacial score (nSPS) is 9.81. The fraction of sp³-hybridized carbons (Fsp3) is 0.133. The van der Waals surface area contributed by atoms with Crippen molar-refractivity contribution in [3.8, 4) is 17.2 Å². The van der Waals surface area contributed by atoms with E-state index in [1.165, 1.54) is 11.1 Å². The molecule has 78 valence electrons. The lowest BCUT2D eigenvalue weighted by Gasteiger charge is -2.08. The minimum absolute atomic E-state index is 0.731. The Kier molecular flexibility index (Phi) is 2.74. The Labute approximate surface area is 96.0 Å². The monoisotopic (exact) mass is 207 g/mol. The Balaban J connectivity index is 2.64. The maximum absolute atomic E-state index is 9.08. The zero-order valence-corrected chi connectivity index (χ0v) is 9.49. The zero-order chi connectivity index (χ0) is 11.5. The van der Waals surface area contributed by atoms with Crippen LogP contribution in [0.2, 0.25) is 0 Å². The summed E-state index contributed by atoms with van der Waals surface area (Å²) in [5.74, 6) is 0. The third-order valence-corrected chi connectivity index (χ3v) is 2.72. The average molecular weight is 207 g/mol. The maximum Gasteiger partial charge on any atom is 0.0998 e. The molecule has 0 fully saturated rings. The molecule has 0 spiro atoms. The van der Waals surface area contributed by atoms with Gasteiger partial charge in [-0.3, -0.25) is 0 Å². The molecule has 0 heterocycles. The number of nitrogens with zero attached hydrogens (tertiary/aromatic N) is 1. The molecule has 2 rings (SSSR count). The van der Waals surface area contributed by atoms with Crippen molar-refractivity contribution in [2.45, 2.75) is 13.8 Å². The molecular weight excluding hydrogens is 194 g/mol. The maximum atomic E-state index is 9.08. The highest BCUT2D eigenvalue weighted by molar-refractivity contribution is 5.73. The molecule has 0 atom stereocenters. The van der Waals surface area contributed by atoms with E-state index < -0.39 is 0 Å². The molecule has 0 aromatic heterocycles. The molecule has 0 amide bonds. The molecule has 1 heteroatoms. The summed E-state index contributed by atoms with van der Waals surface area (Å²) in [6.07, 6.45) is 0. The summed E-state index contributed by atoms with van der Waals surface area (Å²) in [5, 5.41) is 9.08. The van der Waals surface area contributed by atoms with Crippen LogP contribution < -0.4 is 0 Å². The van der Waals surface area contributed by atoms with Crippen molar-refractivity contribution in [3.63, 3.8) is 0 Å². The fourth-order valence-electron chi connectivity index (χ4n) is 1.93. The van der Waals surface area contributed by atoms with Crippen LogP contribution in [0.15, 0.2) is 42.5 Å². The van der Waals surface area contributed by atoms with Crippen LogP contribution in [-0.4, -0.2) is 0 Å². The van der Waals surface area contributed by atoms with E-state index in [0.717, 1.165) is 16.7 Å². The largest absolute Gasteiger partial charge is 0.192 e. The van der Waals surface area contributed by atoms with Crippen molar-refractivity contribution in [1.82, 2.24) is 0 Å². The number of aryl methyl sites for hydroxylation is 2. The lowest BCUT2D eigenvalue weighted by atomic mass is 9.95. The van der Waals surface area contributed by atoms with Crippen molar-refractivity contribution >= 4 is 0 Å². The Morgan fingerprint density at radius 3 is 2.38 bits per heavy atom.